The SMILES string of the molecule is CC(C)(C)OC(=O)n1ncc2c[c]([Sn]([CH3])([CH3])[CH3])ccc21. The minimum atomic E-state index is -2.09. The summed E-state index contributed by atoms with van der Waals surface area (Å²) in [5, 5.41) is 5.17. The second-order valence-electron chi connectivity index (χ2n) is 7.06. The Bertz CT molecular complexity index is 648. The molecule has 20 heavy (non-hydrogen) atoms. The van der Waals surface area contributed by atoms with Crippen molar-refractivity contribution in [2.75, 3.05) is 0 Å². The Hall–Kier alpha value is -1.04. The quantitative estimate of drug-likeness (QED) is 0.712. The van der Waals surface area contributed by atoms with Crippen molar-refractivity contribution in [1.29, 1.82) is 0 Å². The molecule has 0 saturated heterocycles. The van der Waals surface area contributed by atoms with Gasteiger partial charge in [-0.25, -0.2) is 0 Å². The maximum absolute atomic E-state index is 12.1. The van der Waals surface area contributed by atoms with E-state index in [2.05, 4.69) is 32.1 Å². The van der Waals surface area contributed by atoms with E-state index in [1.54, 1.807) is 6.20 Å². The molecule has 0 atom stereocenters. The molecule has 0 aliphatic heterocycles. The molecule has 0 bridgehead atoms. The number of carbonyl (C=O) groups excluding carboxylic acids is 1. The van der Waals surface area contributed by atoms with E-state index in [1.807, 2.05) is 26.8 Å². The number of hydrogen-bond acceptors (Lipinski definition) is 3. The van der Waals surface area contributed by atoms with Gasteiger partial charge in [0.25, 0.3) is 0 Å². The molecule has 2 rings (SSSR count). The molecule has 4 nitrogen and oxygen atoms in total. The molecule has 5 heteroatoms. The summed E-state index contributed by atoms with van der Waals surface area (Å²) in [6, 6.07) is 6.27. The van der Waals surface area contributed by atoms with Crippen molar-refractivity contribution in [2.24, 2.45) is 0 Å². The minimum absolute atomic E-state index is 0.431. The number of ether oxygens (including phenoxy) is 1. The van der Waals surface area contributed by atoms with Gasteiger partial charge in [-0.15, -0.1) is 0 Å². The van der Waals surface area contributed by atoms with Gasteiger partial charge >= 0.3 is 124 Å². The summed E-state index contributed by atoms with van der Waals surface area (Å²) in [6.45, 7) is 5.55. The second kappa shape index (κ2) is 5.06. The first-order chi connectivity index (χ1) is 9.08. The summed E-state index contributed by atoms with van der Waals surface area (Å²) < 4.78 is 8.12. The first-order valence-electron chi connectivity index (χ1n) is 6.79. The Labute approximate surface area is 124 Å². The van der Waals surface area contributed by atoms with Gasteiger partial charge in [0, 0.05) is 0 Å². The van der Waals surface area contributed by atoms with Crippen molar-refractivity contribution >= 4 is 39.0 Å². The fourth-order valence-corrected chi connectivity index (χ4v) is 5.29. The third-order valence-corrected chi connectivity index (χ3v) is 8.83. The maximum atomic E-state index is 12.1. The molecule has 108 valence electrons. The van der Waals surface area contributed by atoms with E-state index in [1.165, 1.54) is 8.26 Å². The van der Waals surface area contributed by atoms with Crippen LogP contribution >= 0.6 is 0 Å². The standard InChI is InChI=1S/C12H13N2O2.3CH3.Sn/c1-12(2,3)16-11(15)14-10-7-5-4-6-9(10)8-13-14;;;;/h5-8H,1-3H3;3*1H3;. The van der Waals surface area contributed by atoms with E-state index in [0.717, 1.165) is 10.9 Å². The van der Waals surface area contributed by atoms with Crippen LogP contribution in [0.3, 0.4) is 0 Å². The van der Waals surface area contributed by atoms with Crippen LogP contribution in [-0.4, -0.2) is 39.9 Å². The number of nitrogens with zero attached hydrogens (tertiary/aromatic N) is 2. The van der Waals surface area contributed by atoms with Crippen LogP contribution in [0.4, 0.5) is 4.79 Å². The molecular weight excluding hydrogens is 359 g/mol. The average Bonchev–Trinajstić information content (AvgIpc) is 2.67. The zero-order chi connectivity index (χ0) is 15.1. The van der Waals surface area contributed by atoms with Crippen molar-refractivity contribution < 1.29 is 9.53 Å². The van der Waals surface area contributed by atoms with Crippen LogP contribution in [0.2, 0.25) is 14.8 Å². The molecule has 1 aromatic heterocycles. The first kappa shape index (κ1) is 15.3. The zero-order valence-electron chi connectivity index (χ0n) is 13.0. The van der Waals surface area contributed by atoms with E-state index in [-0.39, 0.29) is 0 Å². The topological polar surface area (TPSA) is 44.1 Å². The molecule has 0 radical (unpaired) electrons. The Morgan fingerprint density at radius 3 is 2.45 bits per heavy atom. The molecule has 0 spiro atoms. The van der Waals surface area contributed by atoms with Crippen LogP contribution < -0.4 is 3.58 Å². The summed E-state index contributed by atoms with van der Waals surface area (Å²) in [6.07, 6.45) is 1.31. The first-order valence-corrected chi connectivity index (χ1v) is 16.8. The van der Waals surface area contributed by atoms with Gasteiger partial charge in [-0.2, -0.15) is 0 Å². The summed E-state index contributed by atoms with van der Waals surface area (Å²) >= 11 is -2.09. The average molecular weight is 381 g/mol. The van der Waals surface area contributed by atoms with Crippen LogP contribution in [0, 0.1) is 0 Å². The Morgan fingerprint density at radius 1 is 1.25 bits per heavy atom. The molecule has 0 aliphatic carbocycles. The predicted molar refractivity (Wildman–Crippen MR) is 84.3 cm³/mol. The van der Waals surface area contributed by atoms with Crippen molar-refractivity contribution in [2.45, 2.75) is 41.2 Å². The predicted octanol–water partition coefficient (Wildman–Crippen LogP) is 3.36. The van der Waals surface area contributed by atoms with Crippen LogP contribution in [0.25, 0.3) is 10.9 Å². The van der Waals surface area contributed by atoms with Gasteiger partial charge in [0.1, 0.15) is 0 Å². The van der Waals surface area contributed by atoms with E-state index in [9.17, 15) is 4.79 Å². The number of carbonyl (C=O) groups is 1. The van der Waals surface area contributed by atoms with Crippen LogP contribution in [0.1, 0.15) is 20.8 Å². The van der Waals surface area contributed by atoms with Gasteiger partial charge in [-0.1, -0.05) is 0 Å². The van der Waals surface area contributed by atoms with Crippen molar-refractivity contribution in [1.82, 2.24) is 9.78 Å². The summed E-state index contributed by atoms with van der Waals surface area (Å²) in [5.74, 6) is 0. The molecule has 0 N–H and O–H groups in total. The Balaban J connectivity index is 2.41. The van der Waals surface area contributed by atoms with E-state index >= 15 is 0 Å². The van der Waals surface area contributed by atoms with Gasteiger partial charge in [0.2, 0.25) is 0 Å². The Kier molecular flexibility index (Phi) is 3.88. The summed E-state index contributed by atoms with van der Waals surface area (Å²) in [4.78, 5) is 19.2. The van der Waals surface area contributed by atoms with Crippen LogP contribution in [0.15, 0.2) is 24.4 Å². The fraction of sp³-hybridized carbons (Fsp3) is 0.467. The normalized spacial score (nSPS) is 12.7. The zero-order valence-corrected chi connectivity index (χ0v) is 15.9. The molecule has 2 aromatic rings. The van der Waals surface area contributed by atoms with Crippen LogP contribution in [0.5, 0.6) is 0 Å². The van der Waals surface area contributed by atoms with E-state index in [4.69, 9.17) is 4.74 Å². The number of fused-ring (bicyclic) bond motifs is 1. The molecule has 0 unspecified atom stereocenters. The van der Waals surface area contributed by atoms with E-state index in [0.29, 0.717) is 0 Å². The van der Waals surface area contributed by atoms with E-state index < -0.39 is 30.1 Å². The number of hydrogen-bond donors (Lipinski definition) is 0. The van der Waals surface area contributed by atoms with Crippen molar-refractivity contribution in [3.8, 4) is 0 Å². The van der Waals surface area contributed by atoms with Crippen LogP contribution in [-0.2, 0) is 4.74 Å². The van der Waals surface area contributed by atoms with Gasteiger partial charge in [0.15, 0.2) is 0 Å². The van der Waals surface area contributed by atoms with Crippen molar-refractivity contribution in [3.05, 3.63) is 24.4 Å². The fourth-order valence-electron chi connectivity index (χ4n) is 1.95. The molecule has 0 fully saturated rings. The molecular formula is C15H22N2O2Sn. The molecule has 1 heterocycles. The third kappa shape index (κ3) is 3.34. The Morgan fingerprint density at radius 2 is 1.90 bits per heavy atom. The van der Waals surface area contributed by atoms with Gasteiger partial charge in [-0.05, 0) is 0 Å². The molecule has 0 aliphatic rings. The second-order valence-corrected chi connectivity index (χ2v) is 21.6. The van der Waals surface area contributed by atoms with Gasteiger partial charge in [-0.3, -0.25) is 0 Å². The summed E-state index contributed by atoms with van der Waals surface area (Å²) in [5.41, 5.74) is 0.287. The summed E-state index contributed by atoms with van der Waals surface area (Å²) in [7, 11) is 0. The van der Waals surface area contributed by atoms with Gasteiger partial charge < -0.3 is 0 Å². The molecule has 1 aromatic carbocycles. The number of aromatic nitrogens is 2. The monoisotopic (exact) mass is 382 g/mol. The van der Waals surface area contributed by atoms with Crippen molar-refractivity contribution in [3.63, 3.8) is 0 Å². The number of rotatable bonds is 1. The molecule has 0 saturated carbocycles. The third-order valence-electron chi connectivity index (χ3n) is 3.00. The molecule has 0 amide bonds. The number of benzene rings is 1. The van der Waals surface area contributed by atoms with Gasteiger partial charge in [0.05, 0.1) is 0 Å².